The number of piperazine rings is 1. The van der Waals surface area contributed by atoms with Crippen LogP contribution in [0.1, 0.15) is 37.7 Å². The van der Waals surface area contributed by atoms with Crippen LogP contribution in [0.25, 0.3) is 0 Å². The van der Waals surface area contributed by atoms with E-state index in [4.69, 9.17) is 0 Å². The van der Waals surface area contributed by atoms with Gasteiger partial charge in [-0.3, -0.25) is 4.79 Å². The SMILES string of the molecule is O=C(CCc1ccc(S(=O)(=O)N2CCCCCC2)cc1)N1CCN(c2ccccc2)CC1. The minimum absolute atomic E-state index is 0.166. The van der Waals surface area contributed by atoms with Gasteiger partial charge in [0.05, 0.1) is 4.90 Å². The lowest BCUT2D eigenvalue weighted by atomic mass is 10.1. The molecule has 2 aliphatic rings. The first-order valence-electron chi connectivity index (χ1n) is 11.7. The van der Waals surface area contributed by atoms with Gasteiger partial charge in [0.25, 0.3) is 0 Å². The van der Waals surface area contributed by atoms with Crippen LogP contribution in [0.5, 0.6) is 0 Å². The number of carbonyl (C=O) groups is 1. The lowest BCUT2D eigenvalue weighted by molar-refractivity contribution is -0.131. The molecular weight excluding hydrogens is 422 g/mol. The molecular formula is C25H33N3O3S. The monoisotopic (exact) mass is 455 g/mol. The second-order valence-electron chi connectivity index (χ2n) is 8.67. The largest absolute Gasteiger partial charge is 0.368 e. The highest BCUT2D eigenvalue weighted by atomic mass is 32.2. The molecule has 6 nitrogen and oxygen atoms in total. The number of nitrogens with zero attached hydrogens (tertiary/aromatic N) is 3. The molecule has 0 aliphatic carbocycles. The van der Waals surface area contributed by atoms with E-state index in [9.17, 15) is 13.2 Å². The molecule has 0 radical (unpaired) electrons. The smallest absolute Gasteiger partial charge is 0.243 e. The maximum Gasteiger partial charge on any atom is 0.243 e. The maximum atomic E-state index is 12.9. The summed E-state index contributed by atoms with van der Waals surface area (Å²) in [6.45, 7) is 4.38. The second-order valence-corrected chi connectivity index (χ2v) is 10.6. The molecule has 4 rings (SSSR count). The molecule has 2 saturated heterocycles. The normalized spacial score (nSPS) is 18.4. The van der Waals surface area contributed by atoms with Crippen molar-refractivity contribution >= 4 is 21.6 Å². The fourth-order valence-electron chi connectivity index (χ4n) is 4.52. The summed E-state index contributed by atoms with van der Waals surface area (Å²) >= 11 is 0. The Morgan fingerprint density at radius 1 is 0.750 bits per heavy atom. The fraction of sp³-hybridized carbons (Fsp3) is 0.480. The topological polar surface area (TPSA) is 60.9 Å². The Kier molecular flexibility index (Phi) is 7.48. The van der Waals surface area contributed by atoms with Gasteiger partial charge >= 0.3 is 0 Å². The highest BCUT2D eigenvalue weighted by molar-refractivity contribution is 7.89. The number of para-hydroxylation sites is 1. The molecule has 2 fully saturated rings. The molecule has 0 spiro atoms. The Labute approximate surface area is 191 Å². The first kappa shape index (κ1) is 22.8. The average molecular weight is 456 g/mol. The van der Waals surface area contributed by atoms with Gasteiger partial charge in [0.1, 0.15) is 0 Å². The van der Waals surface area contributed by atoms with E-state index in [1.54, 1.807) is 16.4 Å². The Hall–Kier alpha value is -2.38. The summed E-state index contributed by atoms with van der Waals surface area (Å²) in [5, 5.41) is 0. The predicted molar refractivity (Wildman–Crippen MR) is 127 cm³/mol. The van der Waals surface area contributed by atoms with E-state index in [1.807, 2.05) is 35.2 Å². The number of anilines is 1. The minimum Gasteiger partial charge on any atom is -0.368 e. The summed E-state index contributed by atoms with van der Waals surface area (Å²) in [7, 11) is -3.43. The molecule has 172 valence electrons. The zero-order valence-electron chi connectivity index (χ0n) is 18.7. The minimum atomic E-state index is -3.43. The number of aryl methyl sites for hydroxylation is 1. The quantitative estimate of drug-likeness (QED) is 0.669. The van der Waals surface area contributed by atoms with Gasteiger partial charge in [-0.2, -0.15) is 4.31 Å². The lowest BCUT2D eigenvalue weighted by Crippen LogP contribution is -2.48. The van der Waals surface area contributed by atoms with Gasteiger partial charge in [-0.1, -0.05) is 43.2 Å². The van der Waals surface area contributed by atoms with Crippen LogP contribution in [0.4, 0.5) is 5.69 Å². The summed E-state index contributed by atoms with van der Waals surface area (Å²) in [6.07, 6.45) is 5.13. The van der Waals surface area contributed by atoms with Crippen molar-refractivity contribution in [3.05, 3.63) is 60.2 Å². The Morgan fingerprint density at radius 3 is 2.00 bits per heavy atom. The summed E-state index contributed by atoms with van der Waals surface area (Å²) in [4.78, 5) is 17.3. The zero-order chi connectivity index (χ0) is 22.4. The third kappa shape index (κ3) is 5.51. The van der Waals surface area contributed by atoms with E-state index in [0.29, 0.717) is 30.8 Å². The number of hydrogen-bond acceptors (Lipinski definition) is 4. The molecule has 2 heterocycles. The molecule has 0 bridgehead atoms. The molecule has 0 saturated carbocycles. The van der Waals surface area contributed by atoms with Crippen LogP contribution in [0.15, 0.2) is 59.5 Å². The van der Waals surface area contributed by atoms with Crippen molar-refractivity contribution in [3.63, 3.8) is 0 Å². The van der Waals surface area contributed by atoms with Crippen molar-refractivity contribution in [2.45, 2.75) is 43.4 Å². The van der Waals surface area contributed by atoms with Crippen LogP contribution in [-0.2, 0) is 21.2 Å². The van der Waals surface area contributed by atoms with Crippen molar-refractivity contribution in [2.75, 3.05) is 44.2 Å². The lowest BCUT2D eigenvalue weighted by Gasteiger charge is -2.36. The van der Waals surface area contributed by atoms with Crippen LogP contribution in [0.3, 0.4) is 0 Å². The number of carbonyl (C=O) groups excluding carboxylic acids is 1. The van der Waals surface area contributed by atoms with Crippen LogP contribution in [0, 0.1) is 0 Å². The molecule has 0 atom stereocenters. The summed E-state index contributed by atoms with van der Waals surface area (Å²) in [5.74, 6) is 0.166. The van der Waals surface area contributed by atoms with E-state index >= 15 is 0 Å². The highest BCUT2D eigenvalue weighted by Gasteiger charge is 2.25. The van der Waals surface area contributed by atoms with E-state index in [0.717, 1.165) is 57.4 Å². The van der Waals surface area contributed by atoms with Crippen molar-refractivity contribution < 1.29 is 13.2 Å². The predicted octanol–water partition coefficient (Wildman–Crippen LogP) is 3.53. The van der Waals surface area contributed by atoms with E-state index in [-0.39, 0.29) is 5.91 Å². The summed E-state index contributed by atoms with van der Waals surface area (Å²) in [5.41, 5.74) is 2.20. The summed E-state index contributed by atoms with van der Waals surface area (Å²) in [6, 6.07) is 17.4. The number of rotatable bonds is 6. The molecule has 0 N–H and O–H groups in total. The van der Waals surface area contributed by atoms with Crippen LogP contribution in [-0.4, -0.2) is 62.8 Å². The van der Waals surface area contributed by atoms with Gasteiger partial charge in [-0.15, -0.1) is 0 Å². The van der Waals surface area contributed by atoms with E-state index in [1.165, 1.54) is 5.69 Å². The average Bonchev–Trinajstić information content (AvgIpc) is 3.14. The van der Waals surface area contributed by atoms with Gasteiger partial charge in [0.2, 0.25) is 15.9 Å². The van der Waals surface area contributed by atoms with Crippen molar-refractivity contribution in [3.8, 4) is 0 Å². The third-order valence-corrected chi connectivity index (χ3v) is 8.42. The highest BCUT2D eigenvalue weighted by Crippen LogP contribution is 2.21. The Bertz CT molecular complexity index is 977. The number of sulfonamides is 1. The van der Waals surface area contributed by atoms with Gasteiger partial charge in [-0.05, 0) is 49.1 Å². The molecule has 2 aromatic rings. The fourth-order valence-corrected chi connectivity index (χ4v) is 6.04. The molecule has 32 heavy (non-hydrogen) atoms. The second kappa shape index (κ2) is 10.5. The van der Waals surface area contributed by atoms with Crippen LogP contribution in [0.2, 0.25) is 0 Å². The maximum absolute atomic E-state index is 12.9. The van der Waals surface area contributed by atoms with Gasteiger partial charge in [0.15, 0.2) is 0 Å². The molecule has 1 amide bonds. The van der Waals surface area contributed by atoms with Crippen molar-refractivity contribution in [1.82, 2.24) is 9.21 Å². The van der Waals surface area contributed by atoms with E-state index < -0.39 is 10.0 Å². The number of hydrogen-bond donors (Lipinski definition) is 0. The molecule has 2 aromatic carbocycles. The Balaban J connectivity index is 1.27. The molecule has 7 heteroatoms. The molecule has 2 aliphatic heterocycles. The third-order valence-electron chi connectivity index (χ3n) is 6.51. The first-order valence-corrected chi connectivity index (χ1v) is 13.1. The van der Waals surface area contributed by atoms with Gasteiger partial charge < -0.3 is 9.80 Å². The van der Waals surface area contributed by atoms with Crippen molar-refractivity contribution in [1.29, 1.82) is 0 Å². The molecule has 0 aromatic heterocycles. The van der Waals surface area contributed by atoms with Crippen LogP contribution >= 0.6 is 0 Å². The molecule has 0 unspecified atom stereocenters. The van der Waals surface area contributed by atoms with E-state index in [2.05, 4.69) is 17.0 Å². The first-order chi connectivity index (χ1) is 15.5. The summed E-state index contributed by atoms with van der Waals surface area (Å²) < 4.78 is 27.4. The number of amides is 1. The van der Waals surface area contributed by atoms with Gasteiger partial charge in [0, 0.05) is 51.4 Å². The number of benzene rings is 2. The Morgan fingerprint density at radius 2 is 1.38 bits per heavy atom. The zero-order valence-corrected chi connectivity index (χ0v) is 19.5. The van der Waals surface area contributed by atoms with Crippen LogP contribution < -0.4 is 4.90 Å². The van der Waals surface area contributed by atoms with Crippen molar-refractivity contribution in [2.24, 2.45) is 0 Å². The standard InChI is InChI=1S/C25H33N3O3S/c29-25(27-20-18-26(19-21-27)23-8-4-3-5-9-23)15-12-22-10-13-24(14-11-22)32(30,31)28-16-6-1-2-7-17-28/h3-5,8-11,13-14H,1-2,6-7,12,15-21H2. The van der Waals surface area contributed by atoms with Gasteiger partial charge in [-0.25, -0.2) is 8.42 Å².